The number of hydrogen-bond donors (Lipinski definition) is 0. The van der Waals surface area contributed by atoms with E-state index in [1.54, 1.807) is 12.1 Å². The minimum Gasteiger partial charge on any atom is -0.495 e. The molecule has 0 bridgehead atoms. The van der Waals surface area contributed by atoms with E-state index in [1.807, 2.05) is 42.5 Å². The third-order valence-electron chi connectivity index (χ3n) is 5.64. The Labute approximate surface area is 204 Å². The number of morpholine rings is 1. The van der Waals surface area contributed by atoms with E-state index in [1.165, 1.54) is 29.6 Å². The van der Waals surface area contributed by atoms with Gasteiger partial charge in [0.2, 0.25) is 10.0 Å². The van der Waals surface area contributed by atoms with Gasteiger partial charge >= 0.3 is 5.97 Å². The zero-order valence-corrected chi connectivity index (χ0v) is 20.0. The van der Waals surface area contributed by atoms with Gasteiger partial charge in [0.15, 0.2) is 12.4 Å². The van der Waals surface area contributed by atoms with Crippen LogP contribution in [0, 0.1) is 0 Å². The number of benzene rings is 3. The number of methoxy groups -OCH3 is 1. The van der Waals surface area contributed by atoms with Gasteiger partial charge in [0, 0.05) is 18.7 Å². The second-order valence-corrected chi connectivity index (χ2v) is 9.73. The van der Waals surface area contributed by atoms with Gasteiger partial charge in [-0.15, -0.1) is 0 Å². The van der Waals surface area contributed by atoms with Crippen LogP contribution >= 0.6 is 0 Å². The van der Waals surface area contributed by atoms with E-state index in [4.69, 9.17) is 14.2 Å². The van der Waals surface area contributed by atoms with Crippen molar-refractivity contribution in [3.8, 4) is 16.9 Å². The summed E-state index contributed by atoms with van der Waals surface area (Å²) < 4.78 is 43.1. The number of esters is 1. The molecule has 1 saturated heterocycles. The molecule has 1 heterocycles. The zero-order valence-electron chi connectivity index (χ0n) is 19.2. The smallest absolute Gasteiger partial charge is 0.338 e. The van der Waals surface area contributed by atoms with Crippen molar-refractivity contribution in [1.82, 2.24) is 4.31 Å². The topological polar surface area (TPSA) is 99.2 Å². The van der Waals surface area contributed by atoms with Crippen molar-refractivity contribution in [1.29, 1.82) is 0 Å². The minimum atomic E-state index is -3.91. The van der Waals surface area contributed by atoms with Gasteiger partial charge in [0.05, 0.1) is 25.9 Å². The molecule has 8 nitrogen and oxygen atoms in total. The fourth-order valence-electron chi connectivity index (χ4n) is 3.71. The Morgan fingerprint density at radius 1 is 0.886 bits per heavy atom. The Morgan fingerprint density at radius 2 is 1.51 bits per heavy atom. The molecule has 9 heteroatoms. The molecule has 3 aromatic carbocycles. The van der Waals surface area contributed by atoms with Crippen molar-refractivity contribution >= 4 is 21.8 Å². The van der Waals surface area contributed by atoms with Crippen LogP contribution in [-0.4, -0.2) is 64.5 Å². The zero-order chi connectivity index (χ0) is 24.8. The second-order valence-electron chi connectivity index (χ2n) is 7.82. The number of hydrogen-bond acceptors (Lipinski definition) is 7. The maximum Gasteiger partial charge on any atom is 0.338 e. The van der Waals surface area contributed by atoms with E-state index in [0.717, 1.165) is 11.1 Å². The first-order valence-electron chi connectivity index (χ1n) is 11.0. The molecule has 0 spiro atoms. The highest BCUT2D eigenvalue weighted by atomic mass is 32.2. The van der Waals surface area contributed by atoms with Crippen LogP contribution in [0.2, 0.25) is 0 Å². The number of ketones is 1. The van der Waals surface area contributed by atoms with Gasteiger partial charge < -0.3 is 14.2 Å². The van der Waals surface area contributed by atoms with Crippen LogP contribution in [0.15, 0.2) is 77.7 Å². The largest absolute Gasteiger partial charge is 0.495 e. The molecule has 1 aliphatic rings. The first-order valence-corrected chi connectivity index (χ1v) is 12.5. The fraction of sp³-hybridized carbons (Fsp3) is 0.231. The molecule has 182 valence electrons. The number of carbonyl (C=O) groups excluding carboxylic acids is 2. The maximum absolute atomic E-state index is 13.1. The fourth-order valence-corrected chi connectivity index (χ4v) is 5.30. The molecule has 1 aliphatic heterocycles. The van der Waals surface area contributed by atoms with E-state index in [0.29, 0.717) is 5.56 Å². The normalized spacial score (nSPS) is 14.3. The third kappa shape index (κ3) is 5.59. The summed E-state index contributed by atoms with van der Waals surface area (Å²) in [5.41, 5.74) is 2.40. The lowest BCUT2D eigenvalue weighted by atomic mass is 10.0. The van der Waals surface area contributed by atoms with Gasteiger partial charge in [-0.25, -0.2) is 13.2 Å². The van der Waals surface area contributed by atoms with Crippen molar-refractivity contribution in [3.05, 3.63) is 83.9 Å². The molecule has 0 N–H and O–H groups in total. The summed E-state index contributed by atoms with van der Waals surface area (Å²) in [6, 6.07) is 20.8. The SMILES string of the molecule is COc1ccc(C(=O)OCC(=O)c2ccc(-c3ccccc3)cc2)cc1S(=O)(=O)N1CCOCC1. The summed E-state index contributed by atoms with van der Waals surface area (Å²) in [5.74, 6) is -1.06. The minimum absolute atomic E-state index is 0.00450. The third-order valence-corrected chi connectivity index (χ3v) is 7.56. The number of nitrogens with zero attached hydrogens (tertiary/aromatic N) is 1. The molecule has 1 fully saturated rings. The molecule has 0 saturated carbocycles. The highest BCUT2D eigenvalue weighted by molar-refractivity contribution is 7.89. The molecule has 0 atom stereocenters. The van der Waals surface area contributed by atoms with E-state index in [2.05, 4.69) is 0 Å². The Balaban J connectivity index is 1.45. The van der Waals surface area contributed by atoms with Crippen LogP contribution in [0.4, 0.5) is 0 Å². The maximum atomic E-state index is 13.1. The van der Waals surface area contributed by atoms with Crippen LogP contribution in [0.25, 0.3) is 11.1 Å². The summed E-state index contributed by atoms with van der Waals surface area (Å²) >= 11 is 0. The van der Waals surface area contributed by atoms with Gasteiger partial charge in [-0.2, -0.15) is 4.31 Å². The van der Waals surface area contributed by atoms with Gasteiger partial charge in [0.1, 0.15) is 10.6 Å². The lowest BCUT2D eigenvalue weighted by Gasteiger charge is -2.26. The van der Waals surface area contributed by atoms with E-state index < -0.39 is 22.6 Å². The lowest BCUT2D eigenvalue weighted by molar-refractivity contribution is 0.0474. The first kappa shape index (κ1) is 24.6. The summed E-state index contributed by atoms with van der Waals surface area (Å²) in [6.07, 6.45) is 0. The van der Waals surface area contributed by atoms with Gasteiger partial charge in [0.25, 0.3) is 0 Å². The van der Waals surface area contributed by atoms with Gasteiger partial charge in [-0.05, 0) is 29.3 Å². The van der Waals surface area contributed by atoms with Crippen LogP contribution in [0.1, 0.15) is 20.7 Å². The Bertz CT molecular complexity index is 1300. The highest BCUT2D eigenvalue weighted by Crippen LogP contribution is 2.29. The lowest BCUT2D eigenvalue weighted by Crippen LogP contribution is -2.40. The first-order chi connectivity index (χ1) is 16.9. The van der Waals surface area contributed by atoms with E-state index in [9.17, 15) is 18.0 Å². The predicted octanol–water partition coefficient (Wildman–Crippen LogP) is 3.42. The van der Waals surface area contributed by atoms with Crippen molar-refractivity contribution < 1.29 is 32.2 Å². The summed E-state index contributed by atoms with van der Waals surface area (Å²) in [6.45, 7) is 0.520. The molecule has 0 aromatic heterocycles. The van der Waals surface area contributed by atoms with Gasteiger partial charge in [-0.3, -0.25) is 4.79 Å². The molecule has 0 radical (unpaired) electrons. The van der Waals surface area contributed by atoms with Crippen molar-refractivity contribution in [2.75, 3.05) is 40.0 Å². The van der Waals surface area contributed by atoms with E-state index >= 15 is 0 Å². The summed E-state index contributed by atoms with van der Waals surface area (Å²) in [4.78, 5) is 25.0. The Kier molecular flexibility index (Phi) is 7.60. The standard InChI is InChI=1S/C26H25NO7S/c1-32-24-12-11-22(17-25(24)35(30,31)27-13-15-33-16-14-27)26(29)34-18-23(28)21-9-7-20(8-10-21)19-5-3-2-4-6-19/h2-12,17H,13-16,18H2,1H3. The number of sulfonamides is 1. The molecule has 0 unspecified atom stereocenters. The number of carbonyl (C=O) groups is 2. The van der Waals surface area contributed by atoms with Crippen LogP contribution in [-0.2, 0) is 19.5 Å². The van der Waals surface area contributed by atoms with E-state index in [-0.39, 0.29) is 48.3 Å². The number of Topliss-reactive ketones (excluding diaryl/α,β-unsaturated/α-hetero) is 1. The van der Waals surface area contributed by atoms with Crippen molar-refractivity contribution in [3.63, 3.8) is 0 Å². The monoisotopic (exact) mass is 495 g/mol. The van der Waals surface area contributed by atoms with Crippen molar-refractivity contribution in [2.24, 2.45) is 0 Å². The quantitative estimate of drug-likeness (QED) is 0.349. The molecule has 0 aliphatic carbocycles. The molecule has 3 aromatic rings. The van der Waals surface area contributed by atoms with Crippen molar-refractivity contribution in [2.45, 2.75) is 4.90 Å². The summed E-state index contributed by atoms with van der Waals surface area (Å²) in [7, 11) is -2.55. The van der Waals surface area contributed by atoms with Crippen LogP contribution in [0.3, 0.4) is 0 Å². The average molecular weight is 496 g/mol. The average Bonchev–Trinajstić information content (AvgIpc) is 2.92. The molecule has 4 rings (SSSR count). The number of ether oxygens (including phenoxy) is 3. The number of rotatable bonds is 8. The van der Waals surface area contributed by atoms with Crippen LogP contribution in [0.5, 0.6) is 5.75 Å². The molecular formula is C26H25NO7S. The Hall–Kier alpha value is -3.53. The Morgan fingerprint density at radius 3 is 2.17 bits per heavy atom. The highest BCUT2D eigenvalue weighted by Gasteiger charge is 2.30. The molecule has 0 amide bonds. The second kappa shape index (κ2) is 10.8. The van der Waals surface area contributed by atoms with Gasteiger partial charge in [-0.1, -0.05) is 54.6 Å². The molecule has 35 heavy (non-hydrogen) atoms. The predicted molar refractivity (Wildman–Crippen MR) is 129 cm³/mol. The van der Waals surface area contributed by atoms with Crippen LogP contribution < -0.4 is 4.74 Å². The molecular weight excluding hydrogens is 470 g/mol. The summed E-state index contributed by atoms with van der Waals surface area (Å²) in [5, 5.41) is 0.